The van der Waals surface area contributed by atoms with Crippen LogP contribution >= 0.6 is 0 Å². The lowest BCUT2D eigenvalue weighted by molar-refractivity contribution is -0.391. The van der Waals surface area contributed by atoms with Crippen molar-refractivity contribution in [3.63, 3.8) is 0 Å². The highest BCUT2D eigenvalue weighted by Crippen LogP contribution is 2.15. The van der Waals surface area contributed by atoms with Crippen LogP contribution in [0.2, 0.25) is 0 Å². The number of aromatic nitrogens is 1. The molecule has 0 aliphatic carbocycles. The second-order valence-corrected chi connectivity index (χ2v) is 4.82. The number of carbonyl (C=O) groups is 1. The lowest BCUT2D eigenvalue weighted by Gasteiger charge is -2.22. The van der Waals surface area contributed by atoms with E-state index in [2.05, 4.69) is 5.32 Å². The van der Waals surface area contributed by atoms with Crippen LogP contribution in [0.25, 0.3) is 0 Å². The van der Waals surface area contributed by atoms with E-state index >= 15 is 0 Å². The number of nitrogens with zero attached hydrogens (tertiary/aromatic N) is 2. The van der Waals surface area contributed by atoms with Crippen LogP contribution in [-0.4, -0.2) is 46.4 Å². The maximum Gasteiger partial charge on any atom is 0.323 e. The van der Waals surface area contributed by atoms with Crippen molar-refractivity contribution in [2.45, 2.75) is 18.9 Å². The van der Waals surface area contributed by atoms with Gasteiger partial charge < -0.3 is 25.3 Å². The largest absolute Gasteiger partial charge is 0.388 e. The number of nitro groups is 1. The van der Waals surface area contributed by atoms with E-state index in [0.717, 1.165) is 0 Å². The molecule has 1 unspecified atom stereocenters. The Morgan fingerprint density at radius 1 is 1.60 bits per heavy atom. The highest BCUT2D eigenvalue weighted by Gasteiger charge is 2.24. The van der Waals surface area contributed by atoms with E-state index in [1.54, 1.807) is 6.92 Å². The van der Waals surface area contributed by atoms with Gasteiger partial charge in [0.25, 0.3) is 5.91 Å². The van der Waals surface area contributed by atoms with Gasteiger partial charge in [0.2, 0.25) is 0 Å². The molecule has 1 aromatic heterocycles. The van der Waals surface area contributed by atoms with Crippen LogP contribution in [0.4, 0.5) is 5.82 Å². The molecular weight excluding hydrogens is 266 g/mol. The van der Waals surface area contributed by atoms with Gasteiger partial charge in [0.15, 0.2) is 5.69 Å². The van der Waals surface area contributed by atoms with Crippen LogP contribution in [0.3, 0.4) is 0 Å². The van der Waals surface area contributed by atoms with E-state index in [4.69, 9.17) is 4.74 Å². The normalized spacial score (nSPS) is 13.8. The van der Waals surface area contributed by atoms with E-state index in [9.17, 15) is 20.0 Å². The van der Waals surface area contributed by atoms with Gasteiger partial charge in [0, 0.05) is 32.7 Å². The van der Waals surface area contributed by atoms with Crippen molar-refractivity contribution in [3.05, 3.63) is 27.9 Å². The van der Waals surface area contributed by atoms with Crippen LogP contribution in [0.5, 0.6) is 0 Å². The molecule has 2 N–H and O–H groups in total. The van der Waals surface area contributed by atoms with Crippen LogP contribution in [0.1, 0.15) is 23.8 Å². The Bertz CT molecular complexity index is 495. The summed E-state index contributed by atoms with van der Waals surface area (Å²) < 4.78 is 6.06. The molecule has 8 nitrogen and oxygen atoms in total. The molecule has 0 aliphatic rings. The highest BCUT2D eigenvalue weighted by atomic mass is 16.6. The Balaban J connectivity index is 2.66. The molecule has 0 fully saturated rings. The summed E-state index contributed by atoms with van der Waals surface area (Å²) in [5.74, 6) is -0.639. The Kier molecular flexibility index (Phi) is 5.23. The van der Waals surface area contributed by atoms with Gasteiger partial charge in [-0.15, -0.1) is 0 Å². The van der Waals surface area contributed by atoms with E-state index < -0.39 is 16.4 Å². The number of amides is 1. The molecule has 20 heavy (non-hydrogen) atoms. The van der Waals surface area contributed by atoms with Crippen molar-refractivity contribution in [2.24, 2.45) is 7.05 Å². The molecule has 1 amide bonds. The van der Waals surface area contributed by atoms with Crippen molar-refractivity contribution >= 4 is 11.7 Å². The molecule has 0 spiro atoms. The quantitative estimate of drug-likeness (QED) is 0.559. The summed E-state index contributed by atoms with van der Waals surface area (Å²) in [6, 6.07) is 2.63. The van der Waals surface area contributed by atoms with Crippen molar-refractivity contribution in [3.8, 4) is 0 Å². The maximum absolute atomic E-state index is 11.9. The summed E-state index contributed by atoms with van der Waals surface area (Å²) in [6.45, 7) is 1.99. The molecule has 1 rings (SSSR count). The minimum Gasteiger partial charge on any atom is -0.388 e. The third-order valence-corrected chi connectivity index (χ3v) is 2.99. The standard InChI is InChI=1S/C12H19N3O5/c1-12(17,6-7-20-3)8-13-11(16)9-4-5-10(14(9)2)15(18)19/h4-5,17H,6-8H2,1-3H3,(H,13,16). The predicted molar refractivity (Wildman–Crippen MR) is 71.5 cm³/mol. The molecule has 1 aromatic rings. The van der Waals surface area contributed by atoms with Gasteiger partial charge in [-0.2, -0.15) is 0 Å². The zero-order valence-electron chi connectivity index (χ0n) is 11.8. The molecule has 0 aromatic carbocycles. The zero-order valence-corrected chi connectivity index (χ0v) is 11.8. The smallest absolute Gasteiger partial charge is 0.323 e. The van der Waals surface area contributed by atoms with E-state index in [1.807, 2.05) is 0 Å². The van der Waals surface area contributed by atoms with Gasteiger partial charge in [-0.1, -0.05) is 0 Å². The van der Waals surface area contributed by atoms with Gasteiger partial charge in [0.1, 0.15) is 0 Å². The average molecular weight is 285 g/mol. The first kappa shape index (κ1) is 16.1. The van der Waals surface area contributed by atoms with Crippen LogP contribution in [0, 0.1) is 10.1 Å². The summed E-state index contributed by atoms with van der Waals surface area (Å²) in [5, 5.41) is 23.2. The van der Waals surface area contributed by atoms with E-state index in [0.29, 0.717) is 13.0 Å². The van der Waals surface area contributed by atoms with Gasteiger partial charge in [-0.25, -0.2) is 4.57 Å². The summed E-state index contributed by atoms with van der Waals surface area (Å²) in [5.41, 5.74) is -0.929. The van der Waals surface area contributed by atoms with Crippen LogP contribution in [0.15, 0.2) is 12.1 Å². The Morgan fingerprint density at radius 2 is 2.25 bits per heavy atom. The van der Waals surface area contributed by atoms with Gasteiger partial charge in [0.05, 0.1) is 12.6 Å². The topological polar surface area (TPSA) is 107 Å². The summed E-state index contributed by atoms with van der Waals surface area (Å²) in [7, 11) is 2.97. The lowest BCUT2D eigenvalue weighted by Crippen LogP contribution is -2.41. The van der Waals surface area contributed by atoms with Gasteiger partial charge >= 0.3 is 5.82 Å². The molecule has 0 saturated heterocycles. The highest BCUT2D eigenvalue weighted by molar-refractivity contribution is 5.93. The Labute approximate surface area is 116 Å². The van der Waals surface area contributed by atoms with Crippen molar-refractivity contribution in [1.29, 1.82) is 0 Å². The first-order valence-electron chi connectivity index (χ1n) is 6.08. The van der Waals surface area contributed by atoms with Crippen molar-refractivity contribution < 1.29 is 19.6 Å². The second-order valence-electron chi connectivity index (χ2n) is 4.82. The summed E-state index contributed by atoms with van der Waals surface area (Å²) >= 11 is 0. The monoisotopic (exact) mass is 285 g/mol. The minimum absolute atomic E-state index is 0.0359. The Morgan fingerprint density at radius 3 is 2.75 bits per heavy atom. The number of aliphatic hydroxyl groups is 1. The Hall–Kier alpha value is -1.93. The number of rotatable bonds is 7. The predicted octanol–water partition coefficient (Wildman–Crippen LogP) is 0.451. The number of ether oxygens (including phenoxy) is 1. The van der Waals surface area contributed by atoms with Gasteiger partial charge in [-0.3, -0.25) is 4.79 Å². The average Bonchev–Trinajstić information content (AvgIpc) is 2.76. The summed E-state index contributed by atoms with van der Waals surface area (Å²) in [6.07, 6.45) is 0.372. The number of methoxy groups -OCH3 is 1. The number of nitrogens with one attached hydrogen (secondary N) is 1. The molecule has 0 radical (unpaired) electrons. The second kappa shape index (κ2) is 6.49. The van der Waals surface area contributed by atoms with Gasteiger partial charge in [-0.05, 0) is 17.9 Å². The third kappa shape index (κ3) is 4.04. The molecule has 8 heteroatoms. The first-order valence-corrected chi connectivity index (χ1v) is 6.08. The fourth-order valence-electron chi connectivity index (χ4n) is 1.68. The lowest BCUT2D eigenvalue weighted by atomic mass is 10.0. The molecule has 1 heterocycles. The molecule has 1 atom stereocenters. The third-order valence-electron chi connectivity index (χ3n) is 2.99. The fraction of sp³-hybridized carbons (Fsp3) is 0.583. The number of carbonyl (C=O) groups excluding carboxylic acids is 1. The van der Waals surface area contributed by atoms with Crippen LogP contribution < -0.4 is 5.32 Å². The first-order chi connectivity index (χ1) is 9.28. The number of hydrogen-bond acceptors (Lipinski definition) is 5. The SMILES string of the molecule is COCCC(C)(O)CNC(=O)c1ccc([N+](=O)[O-])n1C. The van der Waals surface area contributed by atoms with Crippen molar-refractivity contribution in [1.82, 2.24) is 9.88 Å². The maximum atomic E-state index is 11.9. The molecule has 0 aliphatic heterocycles. The molecule has 0 bridgehead atoms. The fourth-order valence-corrected chi connectivity index (χ4v) is 1.68. The van der Waals surface area contributed by atoms with E-state index in [-0.39, 0.29) is 18.1 Å². The number of hydrogen-bond donors (Lipinski definition) is 2. The summed E-state index contributed by atoms with van der Waals surface area (Å²) in [4.78, 5) is 22.1. The van der Waals surface area contributed by atoms with Crippen molar-refractivity contribution in [2.75, 3.05) is 20.3 Å². The molecule has 0 saturated carbocycles. The minimum atomic E-state index is -1.09. The molecule has 112 valence electrons. The van der Waals surface area contributed by atoms with Crippen LogP contribution in [-0.2, 0) is 11.8 Å². The van der Waals surface area contributed by atoms with E-state index in [1.165, 1.54) is 30.9 Å². The molecular formula is C12H19N3O5. The zero-order chi connectivity index (χ0) is 15.3.